The Morgan fingerprint density at radius 2 is 2.03 bits per heavy atom. The largest absolute Gasteiger partial charge is 0.478 e. The van der Waals surface area contributed by atoms with Crippen LogP contribution in [0.5, 0.6) is 11.8 Å². The van der Waals surface area contributed by atoms with Gasteiger partial charge < -0.3 is 19.4 Å². The van der Waals surface area contributed by atoms with E-state index in [-0.39, 0.29) is 22.9 Å². The normalized spacial score (nSPS) is 17.6. The Labute approximate surface area is 181 Å². The first-order valence-electron chi connectivity index (χ1n) is 9.70. The number of nitrogens with one attached hydrogen (secondary N) is 1. The maximum Gasteiger partial charge on any atom is 0.336 e. The van der Waals surface area contributed by atoms with Crippen LogP contribution < -0.4 is 15.4 Å². The van der Waals surface area contributed by atoms with Crippen molar-refractivity contribution in [2.45, 2.75) is 25.1 Å². The molecule has 1 aliphatic carbocycles. The number of alkyl halides is 1. The number of ether oxygens (including phenoxy) is 1. The number of hydrogen-bond acceptors (Lipinski definition) is 5. The quantitative estimate of drug-likeness (QED) is 0.475. The van der Waals surface area contributed by atoms with Crippen molar-refractivity contribution in [3.8, 4) is 11.8 Å². The predicted molar refractivity (Wildman–Crippen MR) is 116 cm³/mol. The molecule has 0 amide bonds. The van der Waals surface area contributed by atoms with E-state index in [1.165, 1.54) is 6.07 Å². The third-order valence-electron chi connectivity index (χ3n) is 5.46. The molecule has 0 saturated carbocycles. The van der Waals surface area contributed by atoms with Crippen LogP contribution in [0.25, 0.3) is 23.1 Å². The van der Waals surface area contributed by atoms with Gasteiger partial charge in [0, 0.05) is 11.3 Å². The van der Waals surface area contributed by atoms with E-state index in [0.29, 0.717) is 11.3 Å². The molecule has 2 atom stereocenters. The number of carboxylic acids is 1. The molecule has 0 fully saturated rings. The number of nitrogens with zero attached hydrogens (tertiary/aromatic N) is 2. The van der Waals surface area contributed by atoms with Crippen LogP contribution in [0.15, 0.2) is 40.9 Å². The Balaban J connectivity index is 1.49. The first-order valence-corrected chi connectivity index (χ1v) is 10.1. The zero-order valence-electron chi connectivity index (χ0n) is 16.7. The minimum Gasteiger partial charge on any atom is -0.478 e. The van der Waals surface area contributed by atoms with Crippen molar-refractivity contribution >= 4 is 40.7 Å². The van der Waals surface area contributed by atoms with Crippen LogP contribution in [-0.4, -0.2) is 31.6 Å². The molecule has 156 valence electrons. The molecule has 0 aliphatic heterocycles. The number of rotatable bonds is 4. The molecule has 0 radical (unpaired) electrons. The molecule has 8 heteroatoms. The highest BCUT2D eigenvalue weighted by Crippen LogP contribution is 2.31. The van der Waals surface area contributed by atoms with Crippen molar-refractivity contribution in [2.24, 2.45) is 0 Å². The SMILES string of the molecule is Cc1ccc(Oc2nc3c([nH]2)=CC(Cl)C(c2ccc4onc(C)c4c2)C=3)cc1C(=O)O. The van der Waals surface area contributed by atoms with Crippen LogP contribution in [0.1, 0.15) is 33.1 Å². The lowest BCUT2D eigenvalue weighted by Gasteiger charge is -2.18. The summed E-state index contributed by atoms with van der Waals surface area (Å²) in [6, 6.07) is 11.1. The number of H-pyrrole nitrogens is 1. The Bertz CT molecular complexity index is 1450. The average molecular weight is 436 g/mol. The van der Waals surface area contributed by atoms with E-state index in [1.807, 2.05) is 37.3 Å². The lowest BCUT2D eigenvalue weighted by atomic mass is 9.91. The van der Waals surface area contributed by atoms with Crippen LogP contribution in [0.2, 0.25) is 0 Å². The summed E-state index contributed by atoms with van der Waals surface area (Å²) in [4.78, 5) is 19.0. The van der Waals surface area contributed by atoms with Crippen molar-refractivity contribution in [1.29, 1.82) is 0 Å². The summed E-state index contributed by atoms with van der Waals surface area (Å²) >= 11 is 6.67. The van der Waals surface area contributed by atoms with Gasteiger partial charge in [-0.25, -0.2) is 4.79 Å². The molecule has 7 nitrogen and oxygen atoms in total. The van der Waals surface area contributed by atoms with Crippen LogP contribution in [-0.2, 0) is 0 Å². The zero-order valence-corrected chi connectivity index (χ0v) is 17.5. The molecule has 1 aliphatic rings. The summed E-state index contributed by atoms with van der Waals surface area (Å²) in [5.74, 6) is -0.695. The molecule has 31 heavy (non-hydrogen) atoms. The second kappa shape index (κ2) is 7.28. The van der Waals surface area contributed by atoms with Gasteiger partial charge in [0.05, 0.1) is 27.3 Å². The van der Waals surface area contributed by atoms with E-state index in [4.69, 9.17) is 20.9 Å². The van der Waals surface area contributed by atoms with Crippen molar-refractivity contribution in [1.82, 2.24) is 15.1 Å². The number of halogens is 1. The highest BCUT2D eigenvalue weighted by atomic mass is 35.5. The molecular formula is C23H18ClN3O4. The first-order chi connectivity index (χ1) is 14.9. The number of aryl methyl sites for hydroxylation is 2. The van der Waals surface area contributed by atoms with Crippen molar-refractivity contribution in [3.63, 3.8) is 0 Å². The molecule has 0 saturated heterocycles. The lowest BCUT2D eigenvalue weighted by molar-refractivity contribution is 0.0695. The first kappa shape index (κ1) is 19.4. The molecule has 2 heterocycles. The molecular weight excluding hydrogens is 418 g/mol. The number of aromatic amines is 1. The molecule has 0 spiro atoms. The number of carboxylic acid groups (broad SMARTS) is 1. The number of hydrogen-bond donors (Lipinski definition) is 2. The van der Waals surface area contributed by atoms with Crippen molar-refractivity contribution in [3.05, 3.63) is 69.5 Å². The fourth-order valence-corrected chi connectivity index (χ4v) is 4.12. The van der Waals surface area contributed by atoms with Crippen molar-refractivity contribution < 1.29 is 19.2 Å². The summed E-state index contributed by atoms with van der Waals surface area (Å²) in [6.45, 7) is 3.64. The van der Waals surface area contributed by atoms with E-state index in [2.05, 4.69) is 15.1 Å². The van der Waals surface area contributed by atoms with Crippen LogP contribution >= 0.6 is 11.6 Å². The molecule has 2 aromatic heterocycles. The average Bonchev–Trinajstić information content (AvgIpc) is 3.30. The Morgan fingerprint density at radius 1 is 1.19 bits per heavy atom. The predicted octanol–water partition coefficient (Wildman–Crippen LogP) is 3.62. The minimum absolute atomic E-state index is 0.0815. The maximum atomic E-state index is 11.4. The number of benzene rings is 2. The van der Waals surface area contributed by atoms with Gasteiger partial charge in [-0.2, -0.15) is 4.98 Å². The second-order valence-corrected chi connectivity index (χ2v) is 8.06. The number of carbonyl (C=O) groups is 1. The van der Waals surface area contributed by atoms with Gasteiger partial charge in [-0.05, 0) is 61.4 Å². The number of aromatic nitrogens is 3. The molecule has 4 aromatic rings. The summed E-state index contributed by atoms with van der Waals surface area (Å²) in [6.07, 6.45) is 3.90. The number of aromatic carboxylic acids is 1. The summed E-state index contributed by atoms with van der Waals surface area (Å²) in [5, 5.41) is 15.5. The summed E-state index contributed by atoms with van der Waals surface area (Å²) in [5.41, 5.74) is 3.45. The monoisotopic (exact) mass is 435 g/mol. The smallest absolute Gasteiger partial charge is 0.336 e. The maximum absolute atomic E-state index is 11.4. The van der Waals surface area contributed by atoms with Crippen LogP contribution in [0.3, 0.4) is 0 Å². The summed E-state index contributed by atoms with van der Waals surface area (Å²) in [7, 11) is 0. The summed E-state index contributed by atoms with van der Waals surface area (Å²) < 4.78 is 11.1. The van der Waals surface area contributed by atoms with Crippen molar-refractivity contribution in [2.75, 3.05) is 0 Å². The van der Waals surface area contributed by atoms with E-state index in [0.717, 1.165) is 32.9 Å². The molecule has 5 rings (SSSR count). The highest BCUT2D eigenvalue weighted by Gasteiger charge is 2.23. The molecule has 0 bridgehead atoms. The standard InChI is InChI=1S/C23H18ClN3O4/c1-11-3-5-14(8-15(11)22(28)29)30-23-25-19-9-17(18(24)10-20(19)26-23)13-4-6-21-16(7-13)12(2)27-31-21/h3-10,17-18H,1-2H3,(H,25,26)(H,28,29). The van der Waals surface area contributed by atoms with Gasteiger partial charge in [-0.15, -0.1) is 11.6 Å². The van der Waals surface area contributed by atoms with Crippen LogP contribution in [0.4, 0.5) is 0 Å². The van der Waals surface area contributed by atoms with Gasteiger partial charge in [0.2, 0.25) is 0 Å². The molecule has 2 aromatic carbocycles. The fourth-order valence-electron chi connectivity index (χ4n) is 3.77. The zero-order chi connectivity index (χ0) is 21.7. The van der Waals surface area contributed by atoms with Crippen LogP contribution in [0, 0.1) is 13.8 Å². The molecule has 2 N–H and O–H groups in total. The lowest BCUT2D eigenvalue weighted by Crippen LogP contribution is -2.32. The Kier molecular flexibility index (Phi) is 4.55. The van der Waals surface area contributed by atoms with Gasteiger partial charge in [-0.1, -0.05) is 17.3 Å². The third kappa shape index (κ3) is 3.47. The Morgan fingerprint density at radius 3 is 2.84 bits per heavy atom. The molecule has 2 unspecified atom stereocenters. The number of fused-ring (bicyclic) bond motifs is 2. The van der Waals surface area contributed by atoms with E-state index in [1.54, 1.807) is 19.1 Å². The van der Waals surface area contributed by atoms with Gasteiger partial charge in [0.1, 0.15) is 5.75 Å². The van der Waals surface area contributed by atoms with Gasteiger partial charge in [0.15, 0.2) is 5.58 Å². The topological polar surface area (TPSA) is 101 Å². The van der Waals surface area contributed by atoms with Gasteiger partial charge in [0.25, 0.3) is 6.01 Å². The highest BCUT2D eigenvalue weighted by molar-refractivity contribution is 6.25. The van der Waals surface area contributed by atoms with E-state index < -0.39 is 5.97 Å². The third-order valence-corrected chi connectivity index (χ3v) is 5.86. The minimum atomic E-state index is -1.00. The number of imidazole rings is 1. The van der Waals surface area contributed by atoms with Gasteiger partial charge >= 0.3 is 5.97 Å². The van der Waals surface area contributed by atoms with Gasteiger partial charge in [-0.3, -0.25) is 0 Å². The fraction of sp³-hybridized carbons (Fsp3) is 0.174. The van der Waals surface area contributed by atoms with E-state index >= 15 is 0 Å². The van der Waals surface area contributed by atoms with E-state index in [9.17, 15) is 9.90 Å². The second-order valence-electron chi connectivity index (χ2n) is 7.55. The Hall–Kier alpha value is -3.58.